The van der Waals surface area contributed by atoms with Gasteiger partial charge in [0, 0.05) is 26.2 Å². The normalized spacial score (nSPS) is 14.2. The van der Waals surface area contributed by atoms with Crippen molar-refractivity contribution in [3.8, 4) is 0 Å². The van der Waals surface area contributed by atoms with Gasteiger partial charge in [-0.15, -0.1) is 0 Å². The monoisotopic (exact) mass is 646 g/mol. The zero-order valence-corrected chi connectivity index (χ0v) is 25.5. The van der Waals surface area contributed by atoms with Gasteiger partial charge in [-0.1, -0.05) is 0 Å². The Morgan fingerprint density at radius 3 is 0.909 bits per heavy atom. The second-order valence-corrected chi connectivity index (χ2v) is 8.93. The van der Waals surface area contributed by atoms with Crippen molar-refractivity contribution in [2.45, 2.75) is 24.4 Å². The number of nitrogens with one attached hydrogen (secondary N) is 2. The zero-order chi connectivity index (χ0) is 32.7. The molecule has 0 aromatic carbocycles. The number of carbonyl (C=O) groups excluding carboxylic acids is 2. The minimum absolute atomic E-state index is 0.00245. The average molecular weight is 647 g/mol. The van der Waals surface area contributed by atoms with Crippen LogP contribution in [-0.2, 0) is 47.5 Å². The van der Waals surface area contributed by atoms with Crippen LogP contribution in [0.2, 0.25) is 0 Å². The summed E-state index contributed by atoms with van der Waals surface area (Å²) in [6.45, 7) is 6.58. The summed E-state index contributed by atoms with van der Waals surface area (Å²) in [5.41, 5.74) is 10.6. The second kappa shape index (κ2) is 31.4. The first-order chi connectivity index (χ1) is 21.4. The SMILES string of the molecule is NCCOCCOCCOCCOCCNC(=O)[C@@H](O)[C@H](O)[C@H](O)[C@@H](O)C(=O)NCCOCCOCCOCCOCCN. The lowest BCUT2D eigenvalue weighted by atomic mass is 10.0. The molecule has 0 saturated carbocycles. The highest BCUT2D eigenvalue weighted by molar-refractivity contribution is 5.83. The van der Waals surface area contributed by atoms with Crippen molar-refractivity contribution < 1.29 is 67.9 Å². The second-order valence-electron chi connectivity index (χ2n) is 8.93. The Morgan fingerprint density at radius 1 is 0.432 bits per heavy atom. The van der Waals surface area contributed by atoms with E-state index in [4.69, 9.17) is 49.4 Å². The molecule has 0 fully saturated rings. The van der Waals surface area contributed by atoms with E-state index in [2.05, 4.69) is 10.6 Å². The van der Waals surface area contributed by atoms with Crippen LogP contribution < -0.4 is 22.1 Å². The Bertz CT molecular complexity index is 616. The summed E-state index contributed by atoms with van der Waals surface area (Å²) in [7, 11) is 0. The first kappa shape index (κ1) is 42.4. The summed E-state index contributed by atoms with van der Waals surface area (Å²) in [5.74, 6) is -2.04. The van der Waals surface area contributed by atoms with Crippen LogP contribution in [-0.4, -0.2) is 189 Å². The number of aliphatic hydroxyl groups is 4. The lowest BCUT2D eigenvalue weighted by Crippen LogP contribution is -2.54. The Kier molecular flexibility index (Phi) is 30.2. The van der Waals surface area contributed by atoms with Crippen LogP contribution in [0, 0.1) is 0 Å². The number of ether oxygens (including phenoxy) is 8. The van der Waals surface area contributed by atoms with Crippen LogP contribution in [0.25, 0.3) is 0 Å². The van der Waals surface area contributed by atoms with Gasteiger partial charge in [0.15, 0.2) is 12.2 Å². The van der Waals surface area contributed by atoms with Crippen LogP contribution >= 0.6 is 0 Å². The molecule has 0 aliphatic heterocycles. The molecule has 0 spiro atoms. The van der Waals surface area contributed by atoms with Crippen LogP contribution in [0.5, 0.6) is 0 Å². The van der Waals surface area contributed by atoms with Gasteiger partial charge in [-0.25, -0.2) is 0 Å². The third kappa shape index (κ3) is 24.7. The first-order valence-corrected chi connectivity index (χ1v) is 14.7. The minimum Gasteiger partial charge on any atom is -0.387 e. The fraction of sp³-hybridized carbons (Fsp3) is 0.923. The van der Waals surface area contributed by atoms with E-state index in [0.717, 1.165) is 0 Å². The number of rotatable bonds is 33. The Morgan fingerprint density at radius 2 is 0.659 bits per heavy atom. The third-order valence-corrected chi connectivity index (χ3v) is 5.38. The van der Waals surface area contributed by atoms with Crippen molar-refractivity contribution in [2.75, 3.05) is 132 Å². The van der Waals surface area contributed by atoms with Crippen LogP contribution in [0.3, 0.4) is 0 Å². The Balaban J connectivity index is 3.80. The molecule has 18 nitrogen and oxygen atoms in total. The lowest BCUT2D eigenvalue weighted by Gasteiger charge is -2.25. The fourth-order valence-electron chi connectivity index (χ4n) is 3.08. The lowest BCUT2D eigenvalue weighted by molar-refractivity contribution is -0.155. The van der Waals surface area contributed by atoms with Gasteiger partial charge in [0.2, 0.25) is 0 Å². The molecule has 0 bridgehead atoms. The molecule has 0 heterocycles. The number of amides is 2. The molecular formula is C26H54N4O14. The summed E-state index contributed by atoms with van der Waals surface area (Å²) < 4.78 is 42.1. The summed E-state index contributed by atoms with van der Waals surface area (Å²) in [6.07, 6.45) is -8.46. The van der Waals surface area contributed by atoms with Gasteiger partial charge in [0.1, 0.15) is 12.2 Å². The molecule has 0 saturated heterocycles. The largest absolute Gasteiger partial charge is 0.387 e. The maximum absolute atomic E-state index is 12.1. The van der Waals surface area contributed by atoms with Crippen molar-refractivity contribution in [3.63, 3.8) is 0 Å². The highest BCUT2D eigenvalue weighted by Gasteiger charge is 2.37. The molecule has 0 aliphatic rings. The molecule has 10 N–H and O–H groups in total. The van der Waals surface area contributed by atoms with Gasteiger partial charge in [-0.3, -0.25) is 9.59 Å². The van der Waals surface area contributed by atoms with Gasteiger partial charge in [0.25, 0.3) is 11.8 Å². The quantitative estimate of drug-likeness (QED) is 0.0310. The third-order valence-electron chi connectivity index (χ3n) is 5.38. The first-order valence-electron chi connectivity index (χ1n) is 14.7. The summed E-state index contributed by atoms with van der Waals surface area (Å²) in [6, 6.07) is 0. The number of aliphatic hydroxyl groups excluding tert-OH is 4. The van der Waals surface area contributed by atoms with Crippen LogP contribution in [0.15, 0.2) is 0 Å². The van der Waals surface area contributed by atoms with E-state index in [-0.39, 0.29) is 39.5 Å². The molecule has 262 valence electrons. The van der Waals surface area contributed by atoms with Crippen LogP contribution in [0.4, 0.5) is 0 Å². The molecule has 0 aliphatic carbocycles. The van der Waals surface area contributed by atoms with E-state index < -0.39 is 36.2 Å². The van der Waals surface area contributed by atoms with Gasteiger partial charge in [0.05, 0.1) is 106 Å². The standard InChI is InChI=1S/C26H54N4O14/c27-1-5-37-9-13-41-17-19-43-15-11-39-7-3-29-25(35)23(33)21(31)22(32)24(34)26(36)30-4-8-40-12-16-44-20-18-42-14-10-38-6-2-28/h21-24,31-34H,1-20,27-28H2,(H,29,35)(H,30,36)/t21-,22+,23+,24-. The van der Waals surface area contributed by atoms with E-state index in [0.29, 0.717) is 92.4 Å². The molecular weight excluding hydrogens is 592 g/mol. The average Bonchev–Trinajstić information content (AvgIpc) is 3.03. The molecule has 4 atom stereocenters. The van der Waals surface area contributed by atoms with Gasteiger partial charge < -0.3 is 80.4 Å². The molecule has 18 heteroatoms. The van der Waals surface area contributed by atoms with E-state index in [1.165, 1.54) is 0 Å². The topological polar surface area (TPSA) is 265 Å². The molecule has 0 aromatic rings. The minimum atomic E-state index is -2.13. The van der Waals surface area contributed by atoms with Crippen LogP contribution in [0.1, 0.15) is 0 Å². The summed E-state index contributed by atoms with van der Waals surface area (Å²) in [5, 5.41) is 44.7. The molecule has 2 amide bonds. The van der Waals surface area contributed by atoms with Gasteiger partial charge in [-0.2, -0.15) is 0 Å². The number of nitrogens with two attached hydrogens (primary N) is 2. The summed E-state index contributed by atoms with van der Waals surface area (Å²) in [4.78, 5) is 24.1. The molecule has 0 aromatic heterocycles. The molecule has 0 radical (unpaired) electrons. The highest BCUT2D eigenvalue weighted by atomic mass is 16.6. The molecule has 0 unspecified atom stereocenters. The maximum atomic E-state index is 12.1. The van der Waals surface area contributed by atoms with Crippen molar-refractivity contribution in [2.24, 2.45) is 11.5 Å². The van der Waals surface area contributed by atoms with Crippen molar-refractivity contribution >= 4 is 11.8 Å². The van der Waals surface area contributed by atoms with Gasteiger partial charge in [-0.05, 0) is 0 Å². The van der Waals surface area contributed by atoms with E-state index >= 15 is 0 Å². The fourth-order valence-corrected chi connectivity index (χ4v) is 3.08. The zero-order valence-electron chi connectivity index (χ0n) is 25.5. The van der Waals surface area contributed by atoms with E-state index in [1.54, 1.807) is 0 Å². The number of hydrogen-bond donors (Lipinski definition) is 8. The van der Waals surface area contributed by atoms with Crippen molar-refractivity contribution in [1.29, 1.82) is 0 Å². The Hall–Kier alpha value is -1.62. The predicted molar refractivity (Wildman–Crippen MR) is 155 cm³/mol. The molecule has 44 heavy (non-hydrogen) atoms. The van der Waals surface area contributed by atoms with E-state index in [9.17, 15) is 30.0 Å². The Labute approximate surface area is 258 Å². The maximum Gasteiger partial charge on any atom is 0.251 e. The van der Waals surface area contributed by atoms with Crippen molar-refractivity contribution in [3.05, 3.63) is 0 Å². The smallest absolute Gasteiger partial charge is 0.251 e. The highest BCUT2D eigenvalue weighted by Crippen LogP contribution is 2.06. The number of carbonyl (C=O) groups is 2. The number of hydrogen-bond acceptors (Lipinski definition) is 16. The van der Waals surface area contributed by atoms with E-state index in [1.807, 2.05) is 0 Å². The van der Waals surface area contributed by atoms with Gasteiger partial charge >= 0.3 is 0 Å². The predicted octanol–water partition coefficient (Wildman–Crippen LogP) is -5.29. The van der Waals surface area contributed by atoms with Crippen molar-refractivity contribution in [1.82, 2.24) is 10.6 Å². The molecule has 0 rings (SSSR count). The summed E-state index contributed by atoms with van der Waals surface area (Å²) >= 11 is 0.